The van der Waals surface area contributed by atoms with Crippen LogP contribution in [0.4, 0.5) is 4.39 Å². The number of esters is 1. The third-order valence-corrected chi connectivity index (χ3v) is 2.77. The molecule has 0 atom stereocenters. The maximum Gasteiger partial charge on any atom is 0.338 e. The van der Waals surface area contributed by atoms with Crippen molar-refractivity contribution in [3.05, 3.63) is 71.8 Å². The van der Waals surface area contributed by atoms with E-state index in [9.17, 15) is 9.18 Å². The second kappa shape index (κ2) is 6.69. The van der Waals surface area contributed by atoms with Crippen molar-refractivity contribution in [2.45, 2.75) is 13.8 Å². The van der Waals surface area contributed by atoms with E-state index in [2.05, 4.69) is 25.5 Å². The van der Waals surface area contributed by atoms with E-state index in [0.29, 0.717) is 16.7 Å². The lowest BCUT2D eigenvalue weighted by Gasteiger charge is -2.10. The van der Waals surface area contributed by atoms with Gasteiger partial charge in [-0.3, -0.25) is 0 Å². The van der Waals surface area contributed by atoms with Crippen molar-refractivity contribution in [3.63, 3.8) is 0 Å². The summed E-state index contributed by atoms with van der Waals surface area (Å²) in [6.45, 7) is 14.1. The van der Waals surface area contributed by atoms with Gasteiger partial charge in [-0.05, 0) is 31.6 Å². The molecule has 0 aliphatic rings. The van der Waals surface area contributed by atoms with Gasteiger partial charge in [0, 0.05) is 11.1 Å². The van der Waals surface area contributed by atoms with Gasteiger partial charge < -0.3 is 4.74 Å². The highest BCUT2D eigenvalue weighted by molar-refractivity contribution is 5.92. The molecule has 0 N–H and O–H groups in total. The largest absolute Gasteiger partial charge is 0.457 e. The van der Waals surface area contributed by atoms with Gasteiger partial charge in [0.2, 0.25) is 0 Å². The van der Waals surface area contributed by atoms with Crippen LogP contribution in [0.15, 0.2) is 54.8 Å². The molecule has 0 saturated carbocycles. The Balaban J connectivity index is 2.87. The third-order valence-electron chi connectivity index (χ3n) is 2.77. The monoisotopic (exact) mass is 272 g/mol. The molecule has 104 valence electrons. The van der Waals surface area contributed by atoms with Crippen LogP contribution < -0.4 is 0 Å². The summed E-state index contributed by atoms with van der Waals surface area (Å²) in [6, 6.07) is 4.68. The molecule has 0 heterocycles. The van der Waals surface area contributed by atoms with Gasteiger partial charge in [0.25, 0.3) is 0 Å². The van der Waals surface area contributed by atoms with Crippen molar-refractivity contribution in [1.82, 2.24) is 0 Å². The zero-order valence-corrected chi connectivity index (χ0v) is 11.8. The topological polar surface area (TPSA) is 26.3 Å². The number of hydrogen-bond donors (Lipinski definition) is 0. The average molecular weight is 272 g/mol. The van der Waals surface area contributed by atoms with Crippen molar-refractivity contribution < 1.29 is 13.9 Å². The SMILES string of the molecule is C=C=C(COC(=O)C(=C)C(=C)C)c1cc(C)ccc1F. The van der Waals surface area contributed by atoms with Crippen LogP contribution in [0.25, 0.3) is 5.57 Å². The molecule has 0 fully saturated rings. The molecular weight excluding hydrogens is 255 g/mol. The third kappa shape index (κ3) is 3.81. The fourth-order valence-corrected chi connectivity index (χ4v) is 1.49. The van der Waals surface area contributed by atoms with E-state index in [-0.39, 0.29) is 12.2 Å². The molecule has 0 aliphatic carbocycles. The number of carbonyl (C=O) groups is 1. The summed E-state index contributed by atoms with van der Waals surface area (Å²) in [5.74, 6) is -0.991. The Labute approximate surface area is 118 Å². The summed E-state index contributed by atoms with van der Waals surface area (Å²) < 4.78 is 18.8. The van der Waals surface area contributed by atoms with Crippen molar-refractivity contribution >= 4 is 11.5 Å². The summed E-state index contributed by atoms with van der Waals surface area (Å²) in [5.41, 5.74) is 4.93. The first kappa shape index (κ1) is 15.7. The maximum absolute atomic E-state index is 13.8. The van der Waals surface area contributed by atoms with Crippen LogP contribution in [0, 0.1) is 12.7 Å². The van der Waals surface area contributed by atoms with Crippen LogP contribution in [0.3, 0.4) is 0 Å². The molecule has 1 aromatic rings. The number of carbonyl (C=O) groups excluding carboxylic acids is 1. The van der Waals surface area contributed by atoms with Gasteiger partial charge in [0.1, 0.15) is 12.4 Å². The van der Waals surface area contributed by atoms with E-state index in [0.717, 1.165) is 5.56 Å². The highest BCUT2D eigenvalue weighted by Gasteiger charge is 2.13. The predicted molar refractivity (Wildman–Crippen MR) is 78.6 cm³/mol. The molecule has 1 rings (SSSR count). The molecule has 3 heteroatoms. The Kier molecular flexibility index (Phi) is 5.24. The Bertz CT molecular complexity index is 620. The van der Waals surface area contributed by atoms with E-state index in [1.54, 1.807) is 19.1 Å². The van der Waals surface area contributed by atoms with Crippen molar-refractivity contribution in [1.29, 1.82) is 0 Å². The number of aryl methyl sites for hydroxylation is 1. The molecular formula is C17H17FO2. The van der Waals surface area contributed by atoms with Crippen LogP contribution in [0.5, 0.6) is 0 Å². The van der Waals surface area contributed by atoms with Gasteiger partial charge in [-0.1, -0.05) is 31.4 Å². The number of rotatable bonds is 5. The molecule has 0 bridgehead atoms. The Morgan fingerprint density at radius 1 is 1.40 bits per heavy atom. The fraction of sp³-hybridized carbons (Fsp3) is 0.176. The minimum Gasteiger partial charge on any atom is -0.457 e. The number of halogens is 1. The normalized spacial score (nSPS) is 9.55. The van der Waals surface area contributed by atoms with Crippen molar-refractivity contribution in [2.24, 2.45) is 0 Å². The molecule has 0 radical (unpaired) electrons. The average Bonchev–Trinajstić information content (AvgIpc) is 2.41. The van der Waals surface area contributed by atoms with E-state index < -0.39 is 11.8 Å². The molecule has 0 amide bonds. The lowest BCUT2D eigenvalue weighted by atomic mass is 10.0. The lowest BCUT2D eigenvalue weighted by Crippen LogP contribution is -2.10. The zero-order chi connectivity index (χ0) is 15.3. The van der Waals surface area contributed by atoms with E-state index in [1.165, 1.54) is 6.07 Å². The first-order valence-corrected chi connectivity index (χ1v) is 6.04. The van der Waals surface area contributed by atoms with Crippen LogP contribution in [-0.4, -0.2) is 12.6 Å². The number of hydrogen-bond acceptors (Lipinski definition) is 2. The molecule has 1 aromatic carbocycles. The Morgan fingerprint density at radius 3 is 2.60 bits per heavy atom. The van der Waals surface area contributed by atoms with Crippen molar-refractivity contribution in [3.8, 4) is 0 Å². The van der Waals surface area contributed by atoms with Crippen LogP contribution >= 0.6 is 0 Å². The summed E-state index contributed by atoms with van der Waals surface area (Å²) >= 11 is 0. The second-order valence-corrected chi connectivity index (χ2v) is 4.47. The standard InChI is InChI=1S/C17H17FO2/c1-6-14(10-20-17(19)13(5)11(2)3)15-9-12(4)7-8-16(15)18/h7-9H,1-2,5,10H2,3-4H3. The Hall–Kier alpha value is -2.38. The molecule has 20 heavy (non-hydrogen) atoms. The van der Waals surface area contributed by atoms with Gasteiger partial charge in [-0.15, -0.1) is 5.73 Å². The smallest absolute Gasteiger partial charge is 0.338 e. The highest BCUT2D eigenvalue weighted by Crippen LogP contribution is 2.20. The van der Waals surface area contributed by atoms with E-state index in [1.807, 2.05) is 6.92 Å². The first-order chi connectivity index (χ1) is 9.36. The maximum atomic E-state index is 13.8. The quantitative estimate of drug-likeness (QED) is 0.351. The lowest BCUT2D eigenvalue weighted by molar-refractivity contribution is -0.137. The van der Waals surface area contributed by atoms with Crippen LogP contribution in [-0.2, 0) is 9.53 Å². The van der Waals surface area contributed by atoms with Gasteiger partial charge in [-0.25, -0.2) is 9.18 Å². The predicted octanol–water partition coefficient (Wildman–Crippen LogP) is 3.98. The number of benzene rings is 1. The molecule has 0 aliphatic heterocycles. The second-order valence-electron chi connectivity index (χ2n) is 4.47. The van der Waals surface area contributed by atoms with Gasteiger partial charge in [0.15, 0.2) is 0 Å². The molecule has 0 aromatic heterocycles. The van der Waals surface area contributed by atoms with Crippen LogP contribution in [0.1, 0.15) is 18.1 Å². The summed E-state index contributed by atoms with van der Waals surface area (Å²) in [5, 5.41) is 0. The Morgan fingerprint density at radius 2 is 2.05 bits per heavy atom. The molecule has 0 spiro atoms. The first-order valence-electron chi connectivity index (χ1n) is 6.04. The number of ether oxygens (including phenoxy) is 1. The van der Waals surface area contributed by atoms with Crippen LogP contribution in [0.2, 0.25) is 0 Å². The summed E-state index contributed by atoms with van der Waals surface area (Å²) in [4.78, 5) is 11.7. The highest BCUT2D eigenvalue weighted by atomic mass is 19.1. The molecule has 0 unspecified atom stereocenters. The fourth-order valence-electron chi connectivity index (χ4n) is 1.49. The minimum absolute atomic E-state index is 0.116. The van der Waals surface area contributed by atoms with E-state index >= 15 is 0 Å². The zero-order valence-electron chi connectivity index (χ0n) is 11.8. The van der Waals surface area contributed by atoms with Gasteiger partial charge in [0.05, 0.1) is 5.57 Å². The van der Waals surface area contributed by atoms with Gasteiger partial charge in [-0.2, -0.15) is 0 Å². The summed E-state index contributed by atoms with van der Waals surface area (Å²) in [7, 11) is 0. The molecule has 0 saturated heterocycles. The van der Waals surface area contributed by atoms with Gasteiger partial charge >= 0.3 is 5.97 Å². The van der Waals surface area contributed by atoms with Crippen molar-refractivity contribution in [2.75, 3.05) is 6.61 Å². The van der Waals surface area contributed by atoms with E-state index in [4.69, 9.17) is 4.74 Å². The minimum atomic E-state index is -0.585. The summed E-state index contributed by atoms with van der Waals surface area (Å²) in [6.07, 6.45) is 0. The molecule has 2 nitrogen and oxygen atoms in total.